The van der Waals surface area contributed by atoms with E-state index in [4.69, 9.17) is 21.7 Å². The number of aryl methyl sites for hydroxylation is 2. The maximum absolute atomic E-state index is 12.2. The maximum atomic E-state index is 12.2. The molecule has 4 rings (SSSR count). The minimum atomic E-state index is -0.628. The molecule has 4 aromatic rings. The molecule has 210 valence electrons. The lowest BCUT2D eigenvalue weighted by atomic mass is 10.1. The molecular formula is C27H27N9O4S. The predicted octanol–water partition coefficient (Wildman–Crippen LogP) is 3.58. The summed E-state index contributed by atoms with van der Waals surface area (Å²) in [6.07, 6.45) is 3.13. The molecule has 3 N–H and O–H groups in total. The molecule has 0 atom stereocenters. The number of aliphatic imine (C=N–C) groups is 1. The van der Waals surface area contributed by atoms with Crippen LogP contribution in [0.1, 0.15) is 37.7 Å². The second-order valence-electron chi connectivity index (χ2n) is 8.69. The minimum absolute atomic E-state index is 0.0185. The van der Waals surface area contributed by atoms with Crippen molar-refractivity contribution < 1.29 is 19.1 Å². The molecule has 0 saturated heterocycles. The van der Waals surface area contributed by atoms with Crippen molar-refractivity contribution in [3.63, 3.8) is 0 Å². The molecule has 41 heavy (non-hydrogen) atoms. The van der Waals surface area contributed by atoms with Crippen molar-refractivity contribution in [2.75, 3.05) is 30.2 Å². The van der Waals surface area contributed by atoms with Gasteiger partial charge < -0.3 is 20.1 Å². The summed E-state index contributed by atoms with van der Waals surface area (Å²) in [6, 6.07) is 13.8. The van der Waals surface area contributed by atoms with Gasteiger partial charge in [0.1, 0.15) is 12.7 Å². The van der Waals surface area contributed by atoms with Gasteiger partial charge >= 0.3 is 11.9 Å². The van der Waals surface area contributed by atoms with Crippen LogP contribution in [-0.4, -0.2) is 62.0 Å². The Bertz CT molecular complexity index is 1530. The number of guanidine groups is 1. The van der Waals surface area contributed by atoms with E-state index in [2.05, 4.69) is 41.0 Å². The third kappa shape index (κ3) is 8.12. The Hall–Kier alpha value is -5.24. The van der Waals surface area contributed by atoms with Gasteiger partial charge in [0.15, 0.2) is 0 Å². The van der Waals surface area contributed by atoms with Gasteiger partial charge in [-0.25, -0.2) is 29.2 Å². The number of hydrogen-bond donors (Lipinski definition) is 3. The van der Waals surface area contributed by atoms with Crippen LogP contribution in [0.4, 0.5) is 17.3 Å². The lowest BCUT2D eigenvalue weighted by Gasteiger charge is -2.14. The largest absolute Gasteiger partial charge is 0.465 e. The summed E-state index contributed by atoms with van der Waals surface area (Å²) in [5, 5.41) is 13.3. The summed E-state index contributed by atoms with van der Waals surface area (Å²) in [5.74, 6) is -0.707. The van der Waals surface area contributed by atoms with Crippen LogP contribution in [0.3, 0.4) is 0 Å². The first kappa shape index (κ1) is 28.8. The summed E-state index contributed by atoms with van der Waals surface area (Å²) >= 11 is 5.49. The number of esters is 2. The van der Waals surface area contributed by atoms with E-state index in [9.17, 15) is 9.59 Å². The number of ether oxygens (including phenoxy) is 2. The van der Waals surface area contributed by atoms with Crippen molar-refractivity contribution >= 4 is 52.6 Å². The van der Waals surface area contributed by atoms with Crippen LogP contribution >= 0.6 is 12.2 Å². The molecule has 14 heteroatoms. The van der Waals surface area contributed by atoms with E-state index in [0.717, 1.165) is 17.0 Å². The number of aromatic nitrogens is 5. The van der Waals surface area contributed by atoms with E-state index in [0.29, 0.717) is 23.9 Å². The molecule has 0 radical (unpaired) electrons. The minimum Gasteiger partial charge on any atom is -0.465 e. The van der Waals surface area contributed by atoms with Crippen LogP contribution in [0.5, 0.6) is 0 Å². The zero-order chi connectivity index (χ0) is 29.4. The number of nitrogens with one attached hydrogen (secondary N) is 3. The molecule has 0 aliphatic carbocycles. The van der Waals surface area contributed by atoms with Crippen molar-refractivity contribution in [3.8, 4) is 0 Å². The van der Waals surface area contributed by atoms with Crippen molar-refractivity contribution in [3.05, 3.63) is 89.3 Å². The van der Waals surface area contributed by atoms with Gasteiger partial charge in [0, 0.05) is 22.8 Å². The van der Waals surface area contributed by atoms with Crippen LogP contribution in [0.25, 0.3) is 0 Å². The number of methoxy groups -OCH3 is 2. The summed E-state index contributed by atoms with van der Waals surface area (Å²) < 4.78 is 11.3. The number of carbonyl (C=O) groups is 2. The summed E-state index contributed by atoms with van der Waals surface area (Å²) in [5.41, 5.74) is 3.88. The lowest BCUT2D eigenvalue weighted by molar-refractivity contribution is 0.0599. The molecule has 0 aliphatic heterocycles. The fourth-order valence-electron chi connectivity index (χ4n) is 3.73. The molecule has 0 amide bonds. The Morgan fingerprint density at radius 3 is 2.07 bits per heavy atom. The SMILES string of the molecule is COC(=O)c1cc(NC(=S)/N=C(\Nc2ccc(Cn3cncn3)cc2)Nc2nc(C)cc(C)n2)cc(C(=O)OC)c1. The number of rotatable bonds is 7. The third-order valence-corrected chi connectivity index (χ3v) is 5.67. The van der Waals surface area contributed by atoms with E-state index in [1.165, 1.54) is 38.7 Å². The Morgan fingerprint density at radius 1 is 0.878 bits per heavy atom. The van der Waals surface area contributed by atoms with Crippen LogP contribution < -0.4 is 16.0 Å². The zero-order valence-electron chi connectivity index (χ0n) is 22.7. The van der Waals surface area contributed by atoms with Crippen molar-refractivity contribution in [2.45, 2.75) is 20.4 Å². The molecule has 2 heterocycles. The normalized spacial score (nSPS) is 11.0. The monoisotopic (exact) mass is 573 g/mol. The van der Waals surface area contributed by atoms with Crippen LogP contribution in [0.15, 0.2) is 66.2 Å². The molecule has 2 aromatic heterocycles. The summed E-state index contributed by atoms with van der Waals surface area (Å²) in [6.45, 7) is 4.29. The van der Waals surface area contributed by atoms with E-state index in [-0.39, 0.29) is 22.2 Å². The smallest absolute Gasteiger partial charge is 0.337 e. The number of hydrogen-bond acceptors (Lipinski definition) is 9. The van der Waals surface area contributed by atoms with E-state index >= 15 is 0 Å². The molecule has 0 saturated carbocycles. The number of nitrogens with zero attached hydrogens (tertiary/aromatic N) is 6. The predicted molar refractivity (Wildman–Crippen MR) is 157 cm³/mol. The third-order valence-electron chi connectivity index (χ3n) is 5.48. The Balaban J connectivity index is 1.60. The van der Waals surface area contributed by atoms with Crippen molar-refractivity contribution in [1.82, 2.24) is 24.7 Å². The lowest BCUT2D eigenvalue weighted by Crippen LogP contribution is -2.26. The molecule has 0 spiro atoms. The van der Waals surface area contributed by atoms with Gasteiger partial charge in [0.2, 0.25) is 17.0 Å². The number of thiocarbonyl (C=S) groups is 1. The first-order valence-electron chi connectivity index (χ1n) is 12.2. The molecule has 0 fully saturated rings. The highest BCUT2D eigenvalue weighted by molar-refractivity contribution is 7.80. The van der Waals surface area contributed by atoms with Gasteiger partial charge in [0.05, 0.1) is 31.9 Å². The number of benzene rings is 2. The molecule has 0 unspecified atom stereocenters. The van der Waals surface area contributed by atoms with Crippen LogP contribution in [0.2, 0.25) is 0 Å². The van der Waals surface area contributed by atoms with Crippen LogP contribution in [0, 0.1) is 13.8 Å². The number of anilines is 3. The fraction of sp³-hybridized carbons (Fsp3) is 0.185. The second-order valence-corrected chi connectivity index (χ2v) is 9.07. The first-order valence-corrected chi connectivity index (χ1v) is 12.6. The van der Waals surface area contributed by atoms with Gasteiger partial charge in [-0.2, -0.15) is 10.1 Å². The molecule has 2 aromatic carbocycles. The highest BCUT2D eigenvalue weighted by Gasteiger charge is 2.15. The van der Waals surface area contributed by atoms with E-state index in [1.54, 1.807) is 11.0 Å². The standard InChI is InChI=1S/C27H27N9O4S/c1-16-9-17(2)31-25(30-16)34-26(32-21-7-5-18(6-8-21)13-36-15-28-14-29-36)35-27(41)33-22-11-19(23(37)39-3)10-20(12-22)24(38)40-4/h5-12,14-15H,13H2,1-4H3,(H3,30,31,32,33,34,35,41). The van der Waals surface area contributed by atoms with Crippen LogP contribution in [-0.2, 0) is 16.0 Å². The maximum Gasteiger partial charge on any atom is 0.337 e. The highest BCUT2D eigenvalue weighted by Crippen LogP contribution is 2.18. The summed E-state index contributed by atoms with van der Waals surface area (Å²) in [7, 11) is 2.49. The topological polar surface area (TPSA) is 158 Å². The molecule has 0 bridgehead atoms. The Labute approximate surface area is 241 Å². The van der Waals surface area contributed by atoms with E-state index < -0.39 is 11.9 Å². The van der Waals surface area contributed by atoms with Gasteiger partial charge in [-0.1, -0.05) is 12.1 Å². The average Bonchev–Trinajstić information content (AvgIpc) is 3.45. The van der Waals surface area contributed by atoms with E-state index in [1.807, 2.05) is 44.2 Å². The summed E-state index contributed by atoms with van der Waals surface area (Å²) in [4.78, 5) is 41.6. The van der Waals surface area contributed by atoms with Crippen molar-refractivity contribution in [2.24, 2.45) is 4.99 Å². The number of carbonyl (C=O) groups excluding carboxylic acids is 2. The first-order chi connectivity index (χ1) is 19.7. The Kier molecular flexibility index (Phi) is 9.27. The highest BCUT2D eigenvalue weighted by atomic mass is 32.1. The van der Waals surface area contributed by atoms with Gasteiger partial charge in [-0.05, 0) is 68.0 Å². The van der Waals surface area contributed by atoms with Crippen molar-refractivity contribution in [1.29, 1.82) is 0 Å². The van der Waals surface area contributed by atoms with Gasteiger partial charge in [-0.15, -0.1) is 0 Å². The van der Waals surface area contributed by atoms with Gasteiger partial charge in [-0.3, -0.25) is 5.32 Å². The average molecular weight is 574 g/mol. The quantitative estimate of drug-likeness (QED) is 0.128. The molecule has 13 nitrogen and oxygen atoms in total. The molecule has 0 aliphatic rings. The fourth-order valence-corrected chi connectivity index (χ4v) is 3.94. The van der Waals surface area contributed by atoms with Gasteiger partial charge in [0.25, 0.3) is 0 Å². The molecular weight excluding hydrogens is 546 g/mol. The second kappa shape index (κ2) is 13.2. The Morgan fingerprint density at radius 2 is 1.51 bits per heavy atom. The zero-order valence-corrected chi connectivity index (χ0v) is 23.5.